The fourth-order valence-electron chi connectivity index (χ4n) is 3.44. The first-order valence-corrected chi connectivity index (χ1v) is 14.1. The maximum atomic E-state index is 12.6. The molecule has 0 atom stereocenters. The molecule has 0 fully saturated rings. The highest BCUT2D eigenvalue weighted by Gasteiger charge is 2.38. The highest BCUT2D eigenvalue weighted by atomic mass is 32.3. The number of amides is 1. The Balaban J connectivity index is 1.39. The van der Waals surface area contributed by atoms with Crippen molar-refractivity contribution in [3.05, 3.63) is 59.2 Å². The van der Waals surface area contributed by atoms with Crippen LogP contribution in [0.25, 0.3) is 6.08 Å². The summed E-state index contributed by atoms with van der Waals surface area (Å²) in [6, 6.07) is 13.1. The third-order valence-electron chi connectivity index (χ3n) is 5.40. The zero-order valence-electron chi connectivity index (χ0n) is 20.6. The third-order valence-corrected chi connectivity index (χ3v) is 7.98. The molecule has 0 unspecified atom stereocenters. The first kappa shape index (κ1) is 26.4. The number of methoxy groups -OCH3 is 1. The van der Waals surface area contributed by atoms with Gasteiger partial charge in [0.15, 0.2) is 17.3 Å². The smallest absolute Gasteiger partial charge is 0.283 e. The summed E-state index contributed by atoms with van der Waals surface area (Å²) in [4.78, 5) is 16.5. The first-order valence-electron chi connectivity index (χ1n) is 11.4. The van der Waals surface area contributed by atoms with E-state index in [9.17, 15) is 13.2 Å². The Labute approximate surface area is 219 Å². The van der Waals surface area contributed by atoms with Gasteiger partial charge in [0.1, 0.15) is 5.75 Å². The van der Waals surface area contributed by atoms with Gasteiger partial charge >= 0.3 is 0 Å². The number of ether oxygens (including phenoxy) is 3. The number of carbonyl (C=O) groups is 1. The minimum atomic E-state index is -3.60. The van der Waals surface area contributed by atoms with E-state index in [1.807, 2.05) is 24.3 Å². The fraction of sp³-hybridized carbons (Fsp3) is 0.280. The molecule has 0 aliphatic carbocycles. The number of fused-ring (bicyclic) bond motifs is 1. The van der Waals surface area contributed by atoms with Crippen LogP contribution < -0.4 is 14.2 Å². The number of sulfone groups is 1. The van der Waals surface area contributed by atoms with Crippen LogP contribution in [0.1, 0.15) is 24.5 Å². The Morgan fingerprint density at radius 3 is 2.49 bits per heavy atom. The molecule has 0 saturated heterocycles. The normalized spacial score (nSPS) is 16.4. The number of carbonyl (C=O) groups excluding carboxylic acids is 1. The molecule has 10 nitrogen and oxygen atoms in total. The van der Waals surface area contributed by atoms with Crippen molar-refractivity contribution in [3.63, 3.8) is 0 Å². The monoisotopic (exact) mass is 542 g/mol. The molecule has 194 valence electrons. The van der Waals surface area contributed by atoms with Crippen molar-refractivity contribution in [1.82, 2.24) is 5.01 Å². The average Bonchev–Trinajstić information content (AvgIpc) is 3.32. The predicted octanol–water partition coefficient (Wildman–Crippen LogP) is 3.73. The summed E-state index contributed by atoms with van der Waals surface area (Å²) in [5, 5.41) is 13.4. The largest absolute Gasteiger partial charge is 0.493 e. The highest BCUT2D eigenvalue weighted by Crippen LogP contribution is 2.32. The second kappa shape index (κ2) is 11.2. The number of aliphatic imine (C=N–C) groups is 1. The van der Waals surface area contributed by atoms with Crippen molar-refractivity contribution in [1.29, 1.82) is 5.41 Å². The summed E-state index contributed by atoms with van der Waals surface area (Å²) < 4.78 is 40.4. The number of amidine groups is 2. The Kier molecular flexibility index (Phi) is 7.98. The van der Waals surface area contributed by atoms with E-state index in [0.717, 1.165) is 35.2 Å². The van der Waals surface area contributed by atoms with Gasteiger partial charge in [0.05, 0.1) is 25.9 Å². The van der Waals surface area contributed by atoms with Crippen LogP contribution >= 0.6 is 11.8 Å². The molecule has 2 aromatic rings. The second-order valence-corrected chi connectivity index (χ2v) is 11.3. The number of aryl methyl sites for hydroxylation is 1. The van der Waals surface area contributed by atoms with E-state index in [1.165, 1.54) is 18.7 Å². The number of rotatable bonds is 9. The van der Waals surface area contributed by atoms with Gasteiger partial charge in [-0.3, -0.25) is 10.2 Å². The van der Waals surface area contributed by atoms with Crippen LogP contribution in [0.5, 0.6) is 17.2 Å². The van der Waals surface area contributed by atoms with Gasteiger partial charge in [-0.15, -0.1) is 5.10 Å². The van der Waals surface area contributed by atoms with E-state index < -0.39 is 15.7 Å². The minimum Gasteiger partial charge on any atom is -0.493 e. The number of thioether (sulfide) groups is 1. The molecule has 0 bridgehead atoms. The van der Waals surface area contributed by atoms with E-state index in [4.69, 9.17) is 19.6 Å². The molecular formula is C25H26N4O6S2. The molecule has 0 spiro atoms. The molecule has 0 saturated carbocycles. The molecule has 4 rings (SSSR count). The summed E-state index contributed by atoms with van der Waals surface area (Å²) in [6.45, 7) is 3.02. The minimum absolute atomic E-state index is 0.0253. The molecule has 0 radical (unpaired) electrons. The van der Waals surface area contributed by atoms with E-state index in [1.54, 1.807) is 18.2 Å². The van der Waals surface area contributed by atoms with Gasteiger partial charge in [-0.2, -0.15) is 10.0 Å². The van der Waals surface area contributed by atoms with Crippen LogP contribution in [0.15, 0.2) is 58.1 Å². The van der Waals surface area contributed by atoms with E-state index in [0.29, 0.717) is 36.7 Å². The van der Waals surface area contributed by atoms with E-state index in [-0.39, 0.29) is 21.0 Å². The lowest BCUT2D eigenvalue weighted by Crippen LogP contribution is -2.35. The number of hydrogen-bond acceptors (Lipinski definition) is 9. The van der Waals surface area contributed by atoms with Crippen molar-refractivity contribution in [3.8, 4) is 17.2 Å². The number of nitrogens with zero attached hydrogens (tertiary/aromatic N) is 3. The predicted molar refractivity (Wildman–Crippen MR) is 144 cm³/mol. The zero-order chi connectivity index (χ0) is 26.6. The number of nitrogens with one attached hydrogen (secondary N) is 1. The first-order chi connectivity index (χ1) is 17.7. The van der Waals surface area contributed by atoms with Crippen molar-refractivity contribution >= 4 is 49.0 Å². The molecule has 2 aliphatic rings. The van der Waals surface area contributed by atoms with Crippen LogP contribution in [0.2, 0.25) is 0 Å². The maximum absolute atomic E-state index is 12.6. The summed E-state index contributed by atoms with van der Waals surface area (Å²) in [5.41, 5.74) is 1.81. The third kappa shape index (κ3) is 6.20. The number of hydrogen-bond donors (Lipinski definition) is 1. The second-order valence-electron chi connectivity index (χ2n) is 8.12. The molecule has 2 aliphatic heterocycles. The van der Waals surface area contributed by atoms with Crippen LogP contribution in [-0.2, 0) is 21.1 Å². The lowest BCUT2D eigenvalue weighted by molar-refractivity contribution is -0.114. The van der Waals surface area contributed by atoms with Crippen LogP contribution in [0.4, 0.5) is 0 Å². The van der Waals surface area contributed by atoms with Gasteiger partial charge in [0.2, 0.25) is 19.4 Å². The highest BCUT2D eigenvalue weighted by molar-refractivity contribution is 8.42. The van der Waals surface area contributed by atoms with Crippen molar-refractivity contribution < 1.29 is 27.4 Å². The van der Waals surface area contributed by atoms with Gasteiger partial charge < -0.3 is 14.2 Å². The van der Waals surface area contributed by atoms with Gasteiger partial charge in [0.25, 0.3) is 5.91 Å². The van der Waals surface area contributed by atoms with Gasteiger partial charge in [-0.05, 0) is 59.7 Å². The van der Waals surface area contributed by atoms with Gasteiger partial charge in [-0.1, -0.05) is 25.1 Å². The summed E-state index contributed by atoms with van der Waals surface area (Å²) in [7, 11) is -2.09. The average molecular weight is 543 g/mol. The van der Waals surface area contributed by atoms with Crippen molar-refractivity contribution in [2.24, 2.45) is 10.1 Å². The van der Waals surface area contributed by atoms with Crippen molar-refractivity contribution in [2.75, 3.05) is 26.6 Å². The molecule has 2 aromatic carbocycles. The summed E-state index contributed by atoms with van der Waals surface area (Å²) in [6.07, 6.45) is 4.14. The topological polar surface area (TPSA) is 131 Å². The van der Waals surface area contributed by atoms with Gasteiger partial charge in [-0.25, -0.2) is 8.42 Å². The molecular weight excluding hydrogens is 516 g/mol. The Morgan fingerprint density at radius 2 is 1.81 bits per heavy atom. The lowest BCUT2D eigenvalue weighted by atomic mass is 10.1. The van der Waals surface area contributed by atoms with Crippen LogP contribution in [-0.4, -0.2) is 61.3 Å². The lowest BCUT2D eigenvalue weighted by Gasteiger charge is -2.20. The Bertz CT molecular complexity index is 1420. The van der Waals surface area contributed by atoms with Gasteiger partial charge in [0, 0.05) is 12.7 Å². The Hall–Kier alpha value is -3.64. The standard InChI is InChI=1S/C25H26N4O6S2/c1-4-16-6-9-18(10-7-16)34-12-5-13-35-20-11-8-17(15-21(20)33-2)14-19-22(26)29-24(27-23(19)30)36-25(28-29)37(3,31)32/h6-11,14-15,26H,4-5,12-13H2,1-3H3/b19-14-,26-22?. The molecule has 1 amide bonds. The molecule has 1 N–H and O–H groups in total. The number of hydrazone groups is 1. The van der Waals surface area contributed by atoms with E-state index in [2.05, 4.69) is 17.0 Å². The van der Waals surface area contributed by atoms with Crippen LogP contribution in [0.3, 0.4) is 0 Å². The summed E-state index contributed by atoms with van der Waals surface area (Å²) >= 11 is 0.740. The fourth-order valence-corrected chi connectivity index (χ4v) is 5.12. The quantitative estimate of drug-likeness (QED) is 0.375. The SMILES string of the molecule is CCc1ccc(OCCCOc2ccc(/C=C3/C(=N)N4N=C(S(C)(=O)=O)SC4=NC3=O)cc2OC)cc1. The molecule has 12 heteroatoms. The zero-order valence-corrected chi connectivity index (χ0v) is 22.2. The molecule has 2 heterocycles. The maximum Gasteiger partial charge on any atom is 0.283 e. The number of benzene rings is 2. The molecule has 0 aromatic heterocycles. The summed E-state index contributed by atoms with van der Waals surface area (Å²) in [5.74, 6) is 0.887. The molecule has 37 heavy (non-hydrogen) atoms. The van der Waals surface area contributed by atoms with Crippen LogP contribution in [0, 0.1) is 5.41 Å². The van der Waals surface area contributed by atoms with E-state index >= 15 is 0 Å². The Morgan fingerprint density at radius 1 is 1.08 bits per heavy atom. The van der Waals surface area contributed by atoms with Crippen molar-refractivity contribution in [2.45, 2.75) is 19.8 Å².